The summed E-state index contributed by atoms with van der Waals surface area (Å²) in [6.45, 7) is 9.81. The molecule has 0 aliphatic heterocycles. The molecule has 0 spiro atoms. The Hall–Kier alpha value is -1.03. The minimum absolute atomic E-state index is 0.115. The van der Waals surface area contributed by atoms with E-state index in [9.17, 15) is 4.79 Å². The summed E-state index contributed by atoms with van der Waals surface area (Å²) in [5.74, 6) is 0.115. The monoisotopic (exact) mass is 228 g/mol. The van der Waals surface area contributed by atoms with Crippen molar-refractivity contribution in [2.24, 2.45) is 0 Å². The Morgan fingerprint density at radius 2 is 2.12 bits per heavy atom. The summed E-state index contributed by atoms with van der Waals surface area (Å²) in [7, 11) is 0. The van der Waals surface area contributed by atoms with Crippen molar-refractivity contribution in [3.8, 4) is 0 Å². The maximum absolute atomic E-state index is 11.3. The second-order valence-electron chi connectivity index (χ2n) is 3.95. The highest BCUT2D eigenvalue weighted by Crippen LogP contribution is 1.89. The fraction of sp³-hybridized carbons (Fsp3) is 0.750. The summed E-state index contributed by atoms with van der Waals surface area (Å²) >= 11 is 0. The Balaban J connectivity index is 3.21. The molecule has 0 aliphatic rings. The van der Waals surface area contributed by atoms with Crippen LogP contribution >= 0.6 is 0 Å². The molecule has 0 rings (SSSR count). The van der Waals surface area contributed by atoms with E-state index < -0.39 is 0 Å². The first kappa shape index (κ1) is 15.0. The van der Waals surface area contributed by atoms with E-state index in [0.717, 1.165) is 19.4 Å². The molecule has 0 saturated carbocycles. The van der Waals surface area contributed by atoms with Crippen molar-refractivity contribution in [2.75, 3.05) is 19.7 Å². The molecule has 0 radical (unpaired) electrons. The predicted molar refractivity (Wildman–Crippen MR) is 66.1 cm³/mol. The van der Waals surface area contributed by atoms with Crippen LogP contribution in [0.25, 0.3) is 0 Å². The molecule has 0 heterocycles. The van der Waals surface area contributed by atoms with Gasteiger partial charge in [0.25, 0.3) is 0 Å². The first-order valence-electron chi connectivity index (χ1n) is 5.89. The molecule has 4 heteroatoms. The zero-order chi connectivity index (χ0) is 12.2. The summed E-state index contributed by atoms with van der Waals surface area (Å²) < 4.78 is 4.94. The molecular weight excluding hydrogens is 204 g/mol. The van der Waals surface area contributed by atoms with Gasteiger partial charge >= 0.3 is 0 Å². The maximum atomic E-state index is 11.3. The zero-order valence-corrected chi connectivity index (χ0v) is 10.4. The third-order valence-electron chi connectivity index (χ3n) is 2.01. The van der Waals surface area contributed by atoms with Crippen LogP contribution < -0.4 is 10.6 Å². The van der Waals surface area contributed by atoms with Crippen molar-refractivity contribution < 1.29 is 9.53 Å². The lowest BCUT2D eigenvalue weighted by Gasteiger charge is -2.08. The number of ether oxygens (including phenoxy) is 1. The summed E-state index contributed by atoms with van der Waals surface area (Å²) in [5.41, 5.74) is 0. The molecule has 0 aliphatic carbocycles. The second-order valence-corrected chi connectivity index (χ2v) is 3.95. The van der Waals surface area contributed by atoms with Crippen LogP contribution in [0.1, 0.15) is 33.1 Å². The van der Waals surface area contributed by atoms with E-state index in [0.29, 0.717) is 25.6 Å². The summed E-state index contributed by atoms with van der Waals surface area (Å²) in [5, 5.41) is 6.12. The molecule has 4 nitrogen and oxygen atoms in total. The molecule has 1 amide bonds. The van der Waals surface area contributed by atoms with Crippen molar-refractivity contribution in [1.29, 1.82) is 0 Å². The third-order valence-corrected chi connectivity index (χ3v) is 2.01. The van der Waals surface area contributed by atoms with Crippen LogP contribution in [0.2, 0.25) is 0 Å². The van der Waals surface area contributed by atoms with Gasteiger partial charge in [0.1, 0.15) is 0 Å². The van der Waals surface area contributed by atoms with Crippen LogP contribution in [0.15, 0.2) is 12.8 Å². The van der Waals surface area contributed by atoms with Gasteiger partial charge in [0.05, 0.1) is 12.9 Å². The highest BCUT2D eigenvalue weighted by Gasteiger charge is 2.00. The maximum Gasteiger partial charge on any atom is 0.220 e. The molecule has 94 valence electrons. The number of carbonyl (C=O) groups excluding carboxylic acids is 1. The molecule has 0 atom stereocenters. The van der Waals surface area contributed by atoms with E-state index in [1.54, 1.807) is 0 Å². The van der Waals surface area contributed by atoms with Gasteiger partial charge in [-0.15, -0.1) is 0 Å². The van der Waals surface area contributed by atoms with Crippen molar-refractivity contribution in [3.05, 3.63) is 12.8 Å². The second kappa shape index (κ2) is 10.5. The van der Waals surface area contributed by atoms with Crippen molar-refractivity contribution >= 4 is 5.91 Å². The number of rotatable bonds is 10. The van der Waals surface area contributed by atoms with Crippen molar-refractivity contribution in [3.63, 3.8) is 0 Å². The van der Waals surface area contributed by atoms with E-state index in [1.165, 1.54) is 6.26 Å². The lowest BCUT2D eigenvalue weighted by molar-refractivity contribution is -0.121. The van der Waals surface area contributed by atoms with Gasteiger partial charge in [-0.2, -0.15) is 0 Å². The Labute approximate surface area is 98.4 Å². The average molecular weight is 228 g/mol. The minimum Gasteiger partial charge on any atom is -0.502 e. The summed E-state index contributed by atoms with van der Waals surface area (Å²) in [6, 6.07) is 0.485. The van der Waals surface area contributed by atoms with Gasteiger partial charge < -0.3 is 15.4 Å². The zero-order valence-electron chi connectivity index (χ0n) is 10.4. The SMILES string of the molecule is C=COCCCNC(=O)CCCNC(C)C. The average Bonchev–Trinajstić information content (AvgIpc) is 2.24. The standard InChI is InChI=1S/C12H24N2O2/c1-4-16-10-6-9-14-12(15)7-5-8-13-11(2)3/h4,11,13H,1,5-10H2,2-3H3,(H,14,15). The minimum atomic E-state index is 0.115. The van der Waals surface area contributed by atoms with Crippen LogP contribution in [-0.2, 0) is 9.53 Å². The molecule has 0 bridgehead atoms. The highest BCUT2D eigenvalue weighted by molar-refractivity contribution is 5.75. The highest BCUT2D eigenvalue weighted by atomic mass is 16.5. The van der Waals surface area contributed by atoms with Gasteiger partial charge in [-0.25, -0.2) is 0 Å². The normalized spacial score (nSPS) is 10.2. The smallest absolute Gasteiger partial charge is 0.220 e. The lowest BCUT2D eigenvalue weighted by Crippen LogP contribution is -2.28. The van der Waals surface area contributed by atoms with Crippen LogP contribution in [0.3, 0.4) is 0 Å². The molecule has 0 aromatic heterocycles. The topological polar surface area (TPSA) is 50.4 Å². The fourth-order valence-corrected chi connectivity index (χ4v) is 1.19. The first-order valence-corrected chi connectivity index (χ1v) is 5.89. The van der Waals surface area contributed by atoms with E-state index >= 15 is 0 Å². The van der Waals surface area contributed by atoms with Crippen molar-refractivity contribution in [1.82, 2.24) is 10.6 Å². The quantitative estimate of drug-likeness (QED) is 0.439. The first-order chi connectivity index (χ1) is 7.66. The van der Waals surface area contributed by atoms with E-state index in [2.05, 4.69) is 31.1 Å². The predicted octanol–water partition coefficient (Wildman–Crippen LogP) is 1.43. The van der Waals surface area contributed by atoms with Crippen LogP contribution in [0, 0.1) is 0 Å². The molecule has 0 aromatic rings. The lowest BCUT2D eigenvalue weighted by atomic mass is 10.2. The molecular formula is C12H24N2O2. The third kappa shape index (κ3) is 11.0. The summed E-state index contributed by atoms with van der Waals surface area (Å²) in [6.07, 6.45) is 3.70. The van der Waals surface area contributed by atoms with Gasteiger partial charge in [-0.1, -0.05) is 20.4 Å². The molecule has 0 aromatic carbocycles. The van der Waals surface area contributed by atoms with Gasteiger partial charge in [-0.05, 0) is 19.4 Å². The Morgan fingerprint density at radius 3 is 2.75 bits per heavy atom. The fourth-order valence-electron chi connectivity index (χ4n) is 1.19. The number of amides is 1. The molecule has 16 heavy (non-hydrogen) atoms. The van der Waals surface area contributed by atoms with E-state index in [1.807, 2.05) is 0 Å². The number of hydrogen-bond donors (Lipinski definition) is 2. The Morgan fingerprint density at radius 1 is 1.38 bits per heavy atom. The van der Waals surface area contributed by atoms with Gasteiger partial charge in [0, 0.05) is 19.0 Å². The summed E-state index contributed by atoms with van der Waals surface area (Å²) in [4.78, 5) is 11.3. The van der Waals surface area contributed by atoms with Crippen LogP contribution in [0.4, 0.5) is 0 Å². The Bertz CT molecular complexity index is 193. The number of nitrogens with one attached hydrogen (secondary N) is 2. The van der Waals surface area contributed by atoms with Gasteiger partial charge in [0.15, 0.2) is 0 Å². The van der Waals surface area contributed by atoms with Crippen LogP contribution in [-0.4, -0.2) is 31.6 Å². The molecule has 0 saturated heterocycles. The van der Waals surface area contributed by atoms with Crippen molar-refractivity contribution in [2.45, 2.75) is 39.2 Å². The molecule has 0 unspecified atom stereocenters. The number of hydrogen-bond acceptors (Lipinski definition) is 3. The molecule has 2 N–H and O–H groups in total. The van der Waals surface area contributed by atoms with Gasteiger partial charge in [0.2, 0.25) is 5.91 Å². The van der Waals surface area contributed by atoms with E-state index in [4.69, 9.17) is 4.74 Å². The number of carbonyl (C=O) groups is 1. The van der Waals surface area contributed by atoms with Crippen LogP contribution in [0.5, 0.6) is 0 Å². The van der Waals surface area contributed by atoms with Gasteiger partial charge in [-0.3, -0.25) is 4.79 Å². The molecule has 0 fully saturated rings. The Kier molecular flexibility index (Phi) is 9.81. The van der Waals surface area contributed by atoms with E-state index in [-0.39, 0.29) is 5.91 Å². The largest absolute Gasteiger partial charge is 0.502 e.